The Kier molecular flexibility index (Phi) is 4.05. The fourth-order valence-corrected chi connectivity index (χ4v) is 3.30. The van der Waals surface area contributed by atoms with E-state index in [0.29, 0.717) is 23.8 Å². The van der Waals surface area contributed by atoms with Crippen LogP contribution in [-0.2, 0) is 0 Å². The van der Waals surface area contributed by atoms with Gasteiger partial charge < -0.3 is 9.32 Å². The van der Waals surface area contributed by atoms with Crippen LogP contribution in [-0.4, -0.2) is 37.1 Å². The lowest BCUT2D eigenvalue weighted by molar-refractivity contribution is 0.0521. The predicted molar refractivity (Wildman–Crippen MR) is 90.0 cm³/mol. The Labute approximate surface area is 145 Å². The molecule has 2 atom stereocenters. The molecule has 0 radical (unpaired) electrons. The van der Waals surface area contributed by atoms with Crippen molar-refractivity contribution in [2.24, 2.45) is 5.92 Å². The number of amides is 1. The average Bonchev–Trinajstić information content (AvgIpc) is 3.35. The minimum absolute atomic E-state index is 0.0166. The summed E-state index contributed by atoms with van der Waals surface area (Å²) in [5, 5.41) is 4.07. The lowest BCUT2D eigenvalue weighted by Gasteiger charge is -2.37. The first-order valence-corrected chi connectivity index (χ1v) is 8.38. The molecule has 0 unspecified atom stereocenters. The lowest BCUT2D eigenvalue weighted by atomic mass is 9.90. The average molecular weight is 337 g/mol. The molecule has 0 spiro atoms. The van der Waals surface area contributed by atoms with Gasteiger partial charge in [-0.25, -0.2) is 14.6 Å². The summed E-state index contributed by atoms with van der Waals surface area (Å²) in [6, 6.07) is 7.26. The quantitative estimate of drug-likeness (QED) is 0.734. The highest BCUT2D eigenvalue weighted by atomic mass is 16.3. The van der Waals surface area contributed by atoms with E-state index in [1.54, 1.807) is 35.6 Å². The summed E-state index contributed by atoms with van der Waals surface area (Å²) in [6.45, 7) is 2.93. The highest BCUT2D eigenvalue weighted by molar-refractivity contribution is 5.94. The topological polar surface area (TPSA) is 77.1 Å². The normalized spacial score (nSPS) is 20.6. The number of pyridine rings is 1. The summed E-state index contributed by atoms with van der Waals surface area (Å²) in [6.07, 6.45) is 8.18. The van der Waals surface area contributed by atoms with Crippen LogP contribution in [0.5, 0.6) is 0 Å². The number of carbonyl (C=O) groups excluding carboxylic acids is 1. The fraction of sp³-hybridized carbons (Fsp3) is 0.333. The van der Waals surface area contributed by atoms with Crippen molar-refractivity contribution in [3.63, 3.8) is 0 Å². The third-order valence-electron chi connectivity index (χ3n) is 4.64. The largest absolute Gasteiger partial charge is 0.467 e. The van der Waals surface area contributed by atoms with Gasteiger partial charge in [0.05, 0.1) is 12.3 Å². The highest BCUT2D eigenvalue weighted by Gasteiger charge is 2.33. The Morgan fingerprint density at radius 2 is 2.28 bits per heavy atom. The summed E-state index contributed by atoms with van der Waals surface area (Å²) in [5.41, 5.74) is 0.589. The minimum Gasteiger partial charge on any atom is -0.467 e. The monoisotopic (exact) mass is 337 g/mol. The van der Waals surface area contributed by atoms with E-state index in [0.717, 1.165) is 18.6 Å². The molecule has 1 aliphatic rings. The van der Waals surface area contributed by atoms with Crippen LogP contribution in [0.4, 0.5) is 0 Å². The Morgan fingerprint density at radius 3 is 3.04 bits per heavy atom. The zero-order valence-electron chi connectivity index (χ0n) is 13.9. The minimum atomic E-state index is -0.0331. The van der Waals surface area contributed by atoms with Gasteiger partial charge in [-0.2, -0.15) is 5.10 Å². The van der Waals surface area contributed by atoms with Gasteiger partial charge in [0, 0.05) is 18.3 Å². The van der Waals surface area contributed by atoms with Crippen LogP contribution in [0.3, 0.4) is 0 Å². The van der Waals surface area contributed by atoms with Gasteiger partial charge in [-0.05, 0) is 43.0 Å². The number of nitrogens with zero attached hydrogens (tertiary/aromatic N) is 5. The number of hydrogen-bond acceptors (Lipinski definition) is 5. The molecule has 1 aliphatic heterocycles. The number of aromatic nitrogens is 4. The second-order valence-corrected chi connectivity index (χ2v) is 6.40. The Morgan fingerprint density at radius 1 is 1.36 bits per heavy atom. The molecule has 3 aromatic rings. The van der Waals surface area contributed by atoms with Gasteiger partial charge in [0.25, 0.3) is 5.91 Å². The molecule has 0 aliphatic carbocycles. The van der Waals surface area contributed by atoms with Crippen molar-refractivity contribution < 1.29 is 9.21 Å². The van der Waals surface area contributed by atoms with Crippen LogP contribution in [0.15, 0.2) is 53.8 Å². The summed E-state index contributed by atoms with van der Waals surface area (Å²) >= 11 is 0. The molecule has 0 saturated carbocycles. The molecule has 128 valence electrons. The molecule has 4 heterocycles. The first kappa shape index (κ1) is 15.6. The molecule has 7 heteroatoms. The summed E-state index contributed by atoms with van der Waals surface area (Å²) < 4.78 is 7.13. The number of furan rings is 1. The molecule has 0 bridgehead atoms. The molecule has 1 fully saturated rings. The zero-order chi connectivity index (χ0) is 17.2. The van der Waals surface area contributed by atoms with E-state index in [2.05, 4.69) is 22.0 Å². The van der Waals surface area contributed by atoms with E-state index in [4.69, 9.17) is 4.42 Å². The van der Waals surface area contributed by atoms with Crippen molar-refractivity contribution >= 4 is 5.91 Å². The van der Waals surface area contributed by atoms with Crippen LogP contribution in [0.2, 0.25) is 0 Å². The zero-order valence-corrected chi connectivity index (χ0v) is 13.9. The summed E-state index contributed by atoms with van der Waals surface area (Å²) in [7, 11) is 0. The molecule has 1 amide bonds. The van der Waals surface area contributed by atoms with Crippen LogP contribution in [0.1, 0.15) is 41.9 Å². The molecule has 0 N–H and O–H groups in total. The van der Waals surface area contributed by atoms with Crippen molar-refractivity contribution in [3.05, 3.63) is 60.7 Å². The number of likely N-dealkylation sites (tertiary alicyclic amines) is 1. The van der Waals surface area contributed by atoms with Gasteiger partial charge in [0.1, 0.15) is 18.4 Å². The van der Waals surface area contributed by atoms with Gasteiger partial charge in [-0.3, -0.25) is 4.79 Å². The molecule has 3 aromatic heterocycles. The molecular weight excluding hydrogens is 318 g/mol. The van der Waals surface area contributed by atoms with Crippen LogP contribution in [0.25, 0.3) is 5.82 Å². The Hall–Kier alpha value is -2.96. The van der Waals surface area contributed by atoms with Crippen molar-refractivity contribution in [2.75, 3.05) is 6.54 Å². The molecule has 0 aromatic carbocycles. The van der Waals surface area contributed by atoms with Crippen LogP contribution < -0.4 is 0 Å². The van der Waals surface area contributed by atoms with Crippen molar-refractivity contribution in [1.29, 1.82) is 0 Å². The summed E-state index contributed by atoms with van der Waals surface area (Å²) in [4.78, 5) is 23.2. The maximum Gasteiger partial charge on any atom is 0.254 e. The van der Waals surface area contributed by atoms with Crippen molar-refractivity contribution in [2.45, 2.75) is 25.8 Å². The smallest absolute Gasteiger partial charge is 0.254 e. The van der Waals surface area contributed by atoms with Gasteiger partial charge in [0.2, 0.25) is 0 Å². The lowest BCUT2D eigenvalue weighted by Crippen LogP contribution is -2.40. The summed E-state index contributed by atoms with van der Waals surface area (Å²) in [5.74, 6) is 1.95. The number of carbonyl (C=O) groups is 1. The van der Waals surface area contributed by atoms with Gasteiger partial charge in [0.15, 0.2) is 5.82 Å². The van der Waals surface area contributed by atoms with Gasteiger partial charge >= 0.3 is 0 Å². The molecule has 7 nitrogen and oxygen atoms in total. The molecular formula is C18H19N5O2. The Balaban J connectivity index is 1.64. The third-order valence-corrected chi connectivity index (χ3v) is 4.64. The standard InChI is InChI=1S/C18H19N5O2/c1-13-5-7-22(15(9-13)16-3-2-8-25-16)18(24)14-4-6-20-17(10-14)23-12-19-11-21-23/h2-4,6,8,10-13,15H,5,7,9H2,1H3/t13-,15-/m1/s1. The van der Waals surface area contributed by atoms with Crippen molar-refractivity contribution in [1.82, 2.24) is 24.6 Å². The van der Waals surface area contributed by atoms with E-state index >= 15 is 0 Å². The van der Waals surface area contributed by atoms with E-state index in [9.17, 15) is 4.79 Å². The second kappa shape index (κ2) is 6.51. The number of hydrogen-bond donors (Lipinski definition) is 0. The second-order valence-electron chi connectivity index (χ2n) is 6.40. The van der Waals surface area contributed by atoms with Crippen LogP contribution in [0, 0.1) is 5.92 Å². The van der Waals surface area contributed by atoms with E-state index in [1.807, 2.05) is 17.0 Å². The van der Waals surface area contributed by atoms with E-state index < -0.39 is 0 Å². The maximum absolute atomic E-state index is 13.1. The van der Waals surface area contributed by atoms with Crippen molar-refractivity contribution in [3.8, 4) is 5.82 Å². The van der Waals surface area contributed by atoms with Crippen LogP contribution >= 0.6 is 0 Å². The predicted octanol–water partition coefficient (Wildman–Crippen LogP) is 2.87. The number of piperidine rings is 1. The first-order chi connectivity index (χ1) is 12.2. The highest BCUT2D eigenvalue weighted by Crippen LogP contribution is 2.35. The van der Waals surface area contributed by atoms with E-state index in [-0.39, 0.29) is 11.9 Å². The molecule has 4 rings (SSSR count). The third kappa shape index (κ3) is 3.05. The molecule has 1 saturated heterocycles. The van der Waals surface area contributed by atoms with Gasteiger partial charge in [-0.1, -0.05) is 6.92 Å². The Bertz CT molecular complexity index is 844. The molecule has 25 heavy (non-hydrogen) atoms. The van der Waals surface area contributed by atoms with Gasteiger partial charge in [-0.15, -0.1) is 0 Å². The van der Waals surface area contributed by atoms with E-state index in [1.165, 1.54) is 6.33 Å². The SMILES string of the molecule is C[C@@H]1CCN(C(=O)c2ccnc(-n3cncn3)c2)[C@@H](c2ccco2)C1. The fourth-order valence-electron chi connectivity index (χ4n) is 3.30. The maximum atomic E-state index is 13.1. The first-order valence-electron chi connectivity index (χ1n) is 8.38. The number of rotatable bonds is 3.